The van der Waals surface area contributed by atoms with Crippen LogP contribution in [0.5, 0.6) is 0 Å². The monoisotopic (exact) mass is 437 g/mol. The van der Waals surface area contributed by atoms with Gasteiger partial charge in [0.15, 0.2) is 0 Å². The van der Waals surface area contributed by atoms with Gasteiger partial charge in [0.25, 0.3) is 5.56 Å². The van der Waals surface area contributed by atoms with Gasteiger partial charge >= 0.3 is 0 Å². The number of rotatable bonds is 7. The minimum atomic E-state index is -0.145. The van der Waals surface area contributed by atoms with Gasteiger partial charge in [0.05, 0.1) is 17.4 Å². The van der Waals surface area contributed by atoms with Crippen molar-refractivity contribution in [2.75, 3.05) is 13.1 Å². The van der Waals surface area contributed by atoms with Gasteiger partial charge in [0.1, 0.15) is 5.02 Å². The van der Waals surface area contributed by atoms with Crippen molar-refractivity contribution in [3.05, 3.63) is 87.3 Å². The van der Waals surface area contributed by atoms with Crippen molar-refractivity contribution in [3.8, 4) is 5.69 Å². The Bertz CT molecular complexity index is 1030. The molecule has 0 saturated carbocycles. The molecular formula is C26H32ClN3O. The van der Waals surface area contributed by atoms with E-state index >= 15 is 0 Å². The van der Waals surface area contributed by atoms with Gasteiger partial charge in [-0.15, -0.1) is 0 Å². The standard InChI is InChI=1S/C26H32ClN3O/c1-20(25-24(27)26(31)30(28(25)2)23-14-7-4-8-15-23)29-18-16-22(17-19-29)13-9-12-21-10-5-3-6-11-21/h3-8,10-11,14-15,20,22H,9,12-13,16-19H2,1-2H3. The number of likely N-dealkylation sites (tertiary alicyclic amines) is 1. The molecule has 1 aromatic heterocycles. The molecule has 0 bridgehead atoms. The Morgan fingerprint density at radius 1 is 1.00 bits per heavy atom. The summed E-state index contributed by atoms with van der Waals surface area (Å²) in [5.74, 6) is 0.792. The van der Waals surface area contributed by atoms with E-state index in [0.717, 1.165) is 30.4 Å². The van der Waals surface area contributed by atoms with Crippen molar-refractivity contribution < 1.29 is 0 Å². The third-order valence-corrected chi connectivity index (χ3v) is 7.12. The van der Waals surface area contributed by atoms with E-state index in [0.29, 0.717) is 5.02 Å². The van der Waals surface area contributed by atoms with Crippen molar-refractivity contribution in [2.24, 2.45) is 13.0 Å². The number of halogens is 1. The van der Waals surface area contributed by atoms with Gasteiger partial charge in [-0.2, -0.15) is 0 Å². The fourth-order valence-electron chi connectivity index (χ4n) is 4.94. The highest BCUT2D eigenvalue weighted by Crippen LogP contribution is 2.31. The Hall–Kier alpha value is -2.30. The Balaban J connectivity index is 1.38. The van der Waals surface area contributed by atoms with Crippen molar-refractivity contribution >= 4 is 11.6 Å². The van der Waals surface area contributed by atoms with Gasteiger partial charge in [-0.05, 0) is 69.3 Å². The maximum atomic E-state index is 12.9. The molecule has 0 spiro atoms. The number of hydrogen-bond donors (Lipinski definition) is 0. The smallest absolute Gasteiger partial charge is 0.290 e. The zero-order valence-electron chi connectivity index (χ0n) is 18.5. The lowest BCUT2D eigenvalue weighted by atomic mass is 9.90. The molecule has 4 nitrogen and oxygen atoms in total. The Kier molecular flexibility index (Phi) is 6.99. The predicted molar refractivity (Wildman–Crippen MR) is 128 cm³/mol. The highest BCUT2D eigenvalue weighted by atomic mass is 35.5. The zero-order valence-corrected chi connectivity index (χ0v) is 19.3. The van der Waals surface area contributed by atoms with Crippen LogP contribution in [0.2, 0.25) is 5.02 Å². The first-order valence-corrected chi connectivity index (χ1v) is 11.7. The second-order valence-electron chi connectivity index (χ2n) is 8.71. The molecule has 2 aromatic carbocycles. The van der Waals surface area contributed by atoms with Crippen LogP contribution in [-0.4, -0.2) is 27.4 Å². The van der Waals surface area contributed by atoms with Crippen molar-refractivity contribution in [3.63, 3.8) is 0 Å². The number of para-hydroxylation sites is 1. The van der Waals surface area contributed by atoms with E-state index < -0.39 is 0 Å². The van der Waals surface area contributed by atoms with E-state index in [4.69, 9.17) is 11.6 Å². The highest BCUT2D eigenvalue weighted by Gasteiger charge is 2.29. The summed E-state index contributed by atoms with van der Waals surface area (Å²) >= 11 is 6.56. The van der Waals surface area contributed by atoms with Crippen LogP contribution in [-0.2, 0) is 13.5 Å². The third-order valence-electron chi connectivity index (χ3n) is 6.77. The van der Waals surface area contributed by atoms with Gasteiger partial charge in [-0.3, -0.25) is 14.4 Å². The summed E-state index contributed by atoms with van der Waals surface area (Å²) in [4.78, 5) is 15.4. The second-order valence-corrected chi connectivity index (χ2v) is 9.09. The van der Waals surface area contributed by atoms with Gasteiger partial charge in [0, 0.05) is 7.05 Å². The Labute approximate surface area is 190 Å². The molecule has 5 heteroatoms. The van der Waals surface area contributed by atoms with E-state index in [9.17, 15) is 4.79 Å². The average Bonchev–Trinajstić information content (AvgIpc) is 3.03. The van der Waals surface area contributed by atoms with E-state index in [1.54, 1.807) is 4.68 Å². The molecule has 4 rings (SSSR count). The number of nitrogens with zero attached hydrogens (tertiary/aromatic N) is 3. The maximum absolute atomic E-state index is 12.9. The van der Waals surface area contributed by atoms with Gasteiger partial charge in [-0.1, -0.05) is 66.6 Å². The first kappa shape index (κ1) is 21.9. The lowest BCUT2D eigenvalue weighted by Crippen LogP contribution is -2.36. The predicted octanol–water partition coefficient (Wildman–Crippen LogP) is 5.63. The van der Waals surface area contributed by atoms with Crippen LogP contribution in [0.25, 0.3) is 5.69 Å². The quantitative estimate of drug-likeness (QED) is 0.479. The lowest BCUT2D eigenvalue weighted by molar-refractivity contribution is 0.132. The molecule has 1 aliphatic rings. The summed E-state index contributed by atoms with van der Waals surface area (Å²) in [5.41, 5.74) is 3.03. The summed E-state index contributed by atoms with van der Waals surface area (Å²) < 4.78 is 3.60. The molecule has 1 unspecified atom stereocenters. The second kappa shape index (κ2) is 9.88. The normalized spacial score (nSPS) is 16.5. The highest BCUT2D eigenvalue weighted by molar-refractivity contribution is 6.31. The van der Waals surface area contributed by atoms with Crippen LogP contribution in [0, 0.1) is 5.92 Å². The first-order chi connectivity index (χ1) is 15.1. The van der Waals surface area contributed by atoms with E-state index in [1.165, 1.54) is 37.7 Å². The Morgan fingerprint density at radius 2 is 1.61 bits per heavy atom. The number of aromatic nitrogens is 2. The summed E-state index contributed by atoms with van der Waals surface area (Å²) in [6, 6.07) is 20.6. The molecule has 164 valence electrons. The first-order valence-electron chi connectivity index (χ1n) is 11.4. The molecule has 1 saturated heterocycles. The zero-order chi connectivity index (χ0) is 21.8. The van der Waals surface area contributed by atoms with Crippen LogP contribution in [0.3, 0.4) is 0 Å². The third kappa shape index (κ3) is 4.81. The molecular weight excluding hydrogens is 406 g/mol. The molecule has 0 radical (unpaired) electrons. The van der Waals surface area contributed by atoms with E-state index in [2.05, 4.69) is 42.2 Å². The van der Waals surface area contributed by atoms with Gasteiger partial charge in [0.2, 0.25) is 0 Å². The molecule has 0 N–H and O–H groups in total. The Morgan fingerprint density at radius 3 is 2.26 bits per heavy atom. The topological polar surface area (TPSA) is 30.2 Å². The van der Waals surface area contributed by atoms with Gasteiger partial charge < -0.3 is 0 Å². The van der Waals surface area contributed by atoms with Crippen LogP contribution in [0.15, 0.2) is 65.5 Å². The number of piperidine rings is 1. The minimum absolute atomic E-state index is 0.112. The van der Waals surface area contributed by atoms with E-state index in [1.807, 2.05) is 42.1 Å². The average molecular weight is 438 g/mol. The number of aryl methyl sites for hydroxylation is 1. The molecule has 1 aliphatic heterocycles. The number of benzene rings is 2. The molecule has 31 heavy (non-hydrogen) atoms. The largest absolute Gasteiger partial charge is 0.295 e. The van der Waals surface area contributed by atoms with Crippen molar-refractivity contribution in [1.82, 2.24) is 14.3 Å². The van der Waals surface area contributed by atoms with Gasteiger partial charge in [-0.25, -0.2) is 4.68 Å². The molecule has 2 heterocycles. The molecule has 1 atom stereocenters. The summed E-state index contributed by atoms with van der Waals surface area (Å²) in [7, 11) is 1.93. The maximum Gasteiger partial charge on any atom is 0.290 e. The molecule has 0 amide bonds. The lowest BCUT2D eigenvalue weighted by Gasteiger charge is -2.36. The SMILES string of the molecule is CC(c1c(Cl)c(=O)n(-c2ccccc2)n1C)N1CCC(CCCc2ccccc2)CC1. The summed E-state index contributed by atoms with van der Waals surface area (Å²) in [6.07, 6.45) is 6.14. The van der Waals surface area contributed by atoms with Crippen LogP contribution in [0.1, 0.15) is 49.9 Å². The number of hydrogen-bond acceptors (Lipinski definition) is 2. The molecule has 1 fully saturated rings. The van der Waals surface area contributed by atoms with Crippen LogP contribution < -0.4 is 5.56 Å². The van der Waals surface area contributed by atoms with Crippen LogP contribution in [0.4, 0.5) is 0 Å². The molecule has 3 aromatic rings. The van der Waals surface area contributed by atoms with Crippen molar-refractivity contribution in [2.45, 2.75) is 45.1 Å². The molecule has 0 aliphatic carbocycles. The minimum Gasteiger partial charge on any atom is -0.295 e. The summed E-state index contributed by atoms with van der Waals surface area (Å²) in [6.45, 7) is 4.28. The summed E-state index contributed by atoms with van der Waals surface area (Å²) in [5, 5.41) is 0.337. The fraction of sp³-hybridized carbons (Fsp3) is 0.423. The van der Waals surface area contributed by atoms with Crippen LogP contribution >= 0.6 is 11.6 Å². The fourth-order valence-corrected chi connectivity index (χ4v) is 5.30. The van der Waals surface area contributed by atoms with Crippen molar-refractivity contribution in [1.29, 1.82) is 0 Å². The van der Waals surface area contributed by atoms with E-state index in [-0.39, 0.29) is 11.6 Å².